The van der Waals surface area contributed by atoms with Gasteiger partial charge in [0.05, 0.1) is 19.9 Å². The van der Waals surface area contributed by atoms with Gasteiger partial charge in [-0.3, -0.25) is 9.89 Å². The van der Waals surface area contributed by atoms with Crippen LogP contribution in [0, 0.1) is 6.92 Å². The first-order valence-corrected chi connectivity index (χ1v) is 10.8. The van der Waals surface area contributed by atoms with E-state index in [2.05, 4.69) is 23.2 Å². The molecule has 1 aliphatic carbocycles. The molecule has 2 aromatic carbocycles. The Labute approximate surface area is 186 Å². The maximum absolute atomic E-state index is 13.0. The molecule has 1 aliphatic rings. The highest BCUT2D eigenvalue weighted by Gasteiger charge is 2.27. The summed E-state index contributed by atoms with van der Waals surface area (Å²) in [6, 6.07) is 15.5. The molecule has 32 heavy (non-hydrogen) atoms. The number of H-pyrrole nitrogens is 1. The number of methoxy groups -OCH3 is 2. The second kappa shape index (κ2) is 8.11. The van der Waals surface area contributed by atoms with Crippen molar-refractivity contribution >= 4 is 16.8 Å². The molecular formula is C26H25N3O3. The first kappa shape index (κ1) is 20.2. The standard InChI is InChI=1S/C26H25N3O3/c1-15-4-5-16(11-24(30)18-12-19(31-2)14-20(13-18)32-3)10-22(15)23-9-8-21-25(17-6-7-17)28-29-26(21)27-23/h4-5,8-10,12-14,17H,6-7,11H2,1-3H3,(H,27,28,29). The number of pyridine rings is 1. The number of Topliss-reactive ketones (excluding diaryl/α,β-unsaturated/α-hetero) is 1. The molecule has 1 N–H and O–H groups in total. The van der Waals surface area contributed by atoms with E-state index in [1.165, 1.54) is 18.5 Å². The molecule has 2 aromatic heterocycles. The van der Waals surface area contributed by atoms with Crippen LogP contribution in [0.1, 0.15) is 45.9 Å². The van der Waals surface area contributed by atoms with Crippen LogP contribution in [0.25, 0.3) is 22.3 Å². The van der Waals surface area contributed by atoms with Gasteiger partial charge >= 0.3 is 0 Å². The molecule has 1 saturated carbocycles. The summed E-state index contributed by atoms with van der Waals surface area (Å²) in [6.07, 6.45) is 2.71. The molecule has 0 unspecified atom stereocenters. The van der Waals surface area contributed by atoms with Crippen LogP contribution in [0.2, 0.25) is 0 Å². The lowest BCUT2D eigenvalue weighted by atomic mass is 9.97. The van der Waals surface area contributed by atoms with Gasteiger partial charge in [-0.05, 0) is 61.2 Å². The van der Waals surface area contributed by atoms with Gasteiger partial charge in [0, 0.05) is 40.6 Å². The van der Waals surface area contributed by atoms with Crippen molar-refractivity contribution in [3.8, 4) is 22.8 Å². The van der Waals surface area contributed by atoms with Gasteiger partial charge in [-0.2, -0.15) is 5.10 Å². The zero-order valence-electron chi connectivity index (χ0n) is 18.4. The van der Waals surface area contributed by atoms with Gasteiger partial charge < -0.3 is 9.47 Å². The molecule has 0 radical (unpaired) electrons. The maximum Gasteiger partial charge on any atom is 0.181 e. The van der Waals surface area contributed by atoms with Crippen molar-refractivity contribution in [1.82, 2.24) is 15.2 Å². The summed E-state index contributed by atoms with van der Waals surface area (Å²) in [5, 5.41) is 8.69. The third-order valence-corrected chi connectivity index (χ3v) is 6.05. The summed E-state index contributed by atoms with van der Waals surface area (Å²) in [5.74, 6) is 1.79. The molecule has 0 spiro atoms. The van der Waals surface area contributed by atoms with Gasteiger partial charge in [0.25, 0.3) is 0 Å². The van der Waals surface area contributed by atoms with Gasteiger partial charge in [-0.15, -0.1) is 0 Å². The molecule has 0 amide bonds. The normalized spacial score (nSPS) is 13.3. The minimum atomic E-state index is 0.00166. The van der Waals surface area contributed by atoms with Crippen LogP contribution in [-0.4, -0.2) is 35.2 Å². The highest BCUT2D eigenvalue weighted by atomic mass is 16.5. The monoisotopic (exact) mass is 427 g/mol. The van der Waals surface area contributed by atoms with Gasteiger partial charge in [0.2, 0.25) is 0 Å². The Morgan fingerprint density at radius 3 is 2.47 bits per heavy atom. The molecule has 0 aliphatic heterocycles. The summed E-state index contributed by atoms with van der Waals surface area (Å²) >= 11 is 0. The van der Waals surface area contributed by atoms with Crippen LogP contribution in [0.15, 0.2) is 48.5 Å². The molecule has 6 nitrogen and oxygen atoms in total. The second-order valence-corrected chi connectivity index (χ2v) is 8.33. The number of fused-ring (bicyclic) bond motifs is 1. The smallest absolute Gasteiger partial charge is 0.181 e. The number of hydrogen-bond donors (Lipinski definition) is 1. The molecule has 0 atom stereocenters. The van der Waals surface area contributed by atoms with Crippen LogP contribution < -0.4 is 9.47 Å². The fraction of sp³-hybridized carbons (Fsp3) is 0.269. The van der Waals surface area contributed by atoms with Crippen molar-refractivity contribution in [3.63, 3.8) is 0 Å². The number of aromatic nitrogens is 3. The Balaban J connectivity index is 1.44. The maximum atomic E-state index is 13.0. The van der Waals surface area contributed by atoms with E-state index in [0.29, 0.717) is 23.0 Å². The molecule has 6 heteroatoms. The minimum Gasteiger partial charge on any atom is -0.497 e. The van der Waals surface area contributed by atoms with E-state index in [1.54, 1.807) is 32.4 Å². The zero-order valence-corrected chi connectivity index (χ0v) is 18.4. The Morgan fingerprint density at radius 1 is 1.03 bits per heavy atom. The average molecular weight is 428 g/mol. The summed E-state index contributed by atoms with van der Waals surface area (Å²) in [5.41, 5.74) is 6.41. The van der Waals surface area contributed by atoms with Crippen LogP contribution >= 0.6 is 0 Å². The lowest BCUT2D eigenvalue weighted by Crippen LogP contribution is -2.05. The van der Waals surface area contributed by atoms with E-state index in [-0.39, 0.29) is 12.2 Å². The minimum absolute atomic E-state index is 0.00166. The number of rotatable bonds is 7. The van der Waals surface area contributed by atoms with Crippen LogP contribution in [0.5, 0.6) is 11.5 Å². The first-order chi connectivity index (χ1) is 15.6. The number of carbonyl (C=O) groups excluding carboxylic acids is 1. The predicted octanol–water partition coefficient (Wildman–Crippen LogP) is 5.25. The largest absolute Gasteiger partial charge is 0.497 e. The van der Waals surface area contributed by atoms with Gasteiger partial charge in [0.1, 0.15) is 11.5 Å². The molecule has 162 valence electrons. The summed E-state index contributed by atoms with van der Waals surface area (Å²) in [7, 11) is 3.15. The van der Waals surface area contributed by atoms with E-state index in [9.17, 15) is 4.79 Å². The summed E-state index contributed by atoms with van der Waals surface area (Å²) in [4.78, 5) is 17.8. The van der Waals surface area contributed by atoms with Crippen molar-refractivity contribution in [2.45, 2.75) is 32.1 Å². The Bertz CT molecular complexity index is 1300. The second-order valence-electron chi connectivity index (χ2n) is 8.33. The Hall–Kier alpha value is -3.67. The Kier molecular flexibility index (Phi) is 5.13. The average Bonchev–Trinajstić information content (AvgIpc) is 3.58. The van der Waals surface area contributed by atoms with Gasteiger partial charge in [-0.1, -0.05) is 12.1 Å². The van der Waals surface area contributed by atoms with Crippen molar-refractivity contribution in [2.24, 2.45) is 0 Å². The van der Waals surface area contributed by atoms with E-state index in [4.69, 9.17) is 14.5 Å². The number of aromatic amines is 1. The summed E-state index contributed by atoms with van der Waals surface area (Å²) < 4.78 is 10.6. The fourth-order valence-corrected chi connectivity index (χ4v) is 4.06. The number of carbonyl (C=O) groups is 1. The number of nitrogens with one attached hydrogen (secondary N) is 1. The number of benzene rings is 2. The Morgan fingerprint density at radius 2 is 1.78 bits per heavy atom. The first-order valence-electron chi connectivity index (χ1n) is 10.8. The van der Waals surface area contributed by atoms with Crippen molar-refractivity contribution < 1.29 is 14.3 Å². The number of ether oxygens (including phenoxy) is 2. The summed E-state index contributed by atoms with van der Waals surface area (Å²) in [6.45, 7) is 2.06. The fourth-order valence-electron chi connectivity index (χ4n) is 4.06. The van der Waals surface area contributed by atoms with Gasteiger partial charge in [0.15, 0.2) is 11.4 Å². The molecule has 4 aromatic rings. The highest BCUT2D eigenvalue weighted by Crippen LogP contribution is 2.42. The predicted molar refractivity (Wildman–Crippen MR) is 124 cm³/mol. The molecule has 1 fully saturated rings. The van der Waals surface area contributed by atoms with E-state index < -0.39 is 0 Å². The van der Waals surface area contributed by atoms with Crippen LogP contribution in [0.4, 0.5) is 0 Å². The number of hydrogen-bond acceptors (Lipinski definition) is 5. The lowest BCUT2D eigenvalue weighted by Gasteiger charge is -2.10. The van der Waals surface area contributed by atoms with Crippen molar-refractivity contribution in [2.75, 3.05) is 14.2 Å². The van der Waals surface area contributed by atoms with Crippen molar-refractivity contribution in [1.29, 1.82) is 0 Å². The SMILES string of the molecule is COc1cc(OC)cc(C(=O)Cc2ccc(C)c(-c3ccc4c(C5CC5)[nH]nc4n3)c2)c1. The topological polar surface area (TPSA) is 77.1 Å². The van der Waals surface area contributed by atoms with E-state index in [0.717, 1.165) is 33.4 Å². The quantitative estimate of drug-likeness (QED) is 0.408. The number of nitrogens with zero attached hydrogens (tertiary/aromatic N) is 2. The molecule has 5 rings (SSSR count). The number of aryl methyl sites for hydroxylation is 1. The molecule has 2 heterocycles. The highest BCUT2D eigenvalue weighted by molar-refractivity contribution is 5.98. The zero-order chi connectivity index (χ0) is 22.2. The van der Waals surface area contributed by atoms with Gasteiger partial charge in [-0.25, -0.2) is 4.98 Å². The van der Waals surface area contributed by atoms with Crippen molar-refractivity contribution in [3.05, 3.63) is 70.9 Å². The third kappa shape index (κ3) is 3.84. The molecule has 0 saturated heterocycles. The number of ketones is 1. The van der Waals surface area contributed by atoms with Crippen LogP contribution in [0.3, 0.4) is 0 Å². The van der Waals surface area contributed by atoms with E-state index >= 15 is 0 Å². The molecular weight excluding hydrogens is 402 g/mol. The van der Waals surface area contributed by atoms with E-state index in [1.807, 2.05) is 24.3 Å². The van der Waals surface area contributed by atoms with Crippen LogP contribution in [-0.2, 0) is 6.42 Å². The third-order valence-electron chi connectivity index (χ3n) is 6.05. The lowest BCUT2D eigenvalue weighted by molar-refractivity contribution is 0.0992. The molecule has 0 bridgehead atoms.